The van der Waals surface area contributed by atoms with Crippen LogP contribution in [0, 0.1) is 13.8 Å². The number of likely N-dealkylation sites (tertiary alicyclic amines) is 1. The predicted octanol–water partition coefficient (Wildman–Crippen LogP) is 3.38. The van der Waals surface area contributed by atoms with Crippen molar-refractivity contribution >= 4 is 11.8 Å². The molecule has 29 heavy (non-hydrogen) atoms. The molecule has 1 aliphatic rings. The van der Waals surface area contributed by atoms with Crippen LogP contribution < -0.4 is 10.6 Å². The number of benzene rings is 2. The quantitative estimate of drug-likeness (QED) is 0.791. The standard InChI is InChI=1S/C24H31N3O2/c1-17-9-10-21(15-18(17)2)19(3)25-23(28)16-27-13-11-22(12-14-27)26-24(29)20-7-5-4-6-8-20/h4-10,15,19,22H,11-14,16H2,1-3H3,(H,25,28)(H,26,29)/t19-/m0/s1. The fourth-order valence-corrected chi connectivity index (χ4v) is 3.70. The van der Waals surface area contributed by atoms with Gasteiger partial charge >= 0.3 is 0 Å². The first-order chi connectivity index (χ1) is 13.9. The highest BCUT2D eigenvalue weighted by Gasteiger charge is 2.23. The molecule has 154 valence electrons. The predicted molar refractivity (Wildman–Crippen MR) is 116 cm³/mol. The lowest BCUT2D eigenvalue weighted by molar-refractivity contribution is -0.123. The molecule has 1 aliphatic heterocycles. The smallest absolute Gasteiger partial charge is 0.251 e. The second kappa shape index (κ2) is 9.70. The number of carbonyl (C=O) groups is 2. The van der Waals surface area contributed by atoms with E-state index in [0.717, 1.165) is 31.5 Å². The number of amides is 2. The van der Waals surface area contributed by atoms with E-state index in [4.69, 9.17) is 0 Å². The van der Waals surface area contributed by atoms with Gasteiger partial charge in [-0.15, -0.1) is 0 Å². The van der Waals surface area contributed by atoms with Crippen molar-refractivity contribution in [1.82, 2.24) is 15.5 Å². The summed E-state index contributed by atoms with van der Waals surface area (Å²) >= 11 is 0. The molecule has 1 saturated heterocycles. The number of nitrogens with zero attached hydrogens (tertiary/aromatic N) is 1. The fraction of sp³-hybridized carbons (Fsp3) is 0.417. The van der Waals surface area contributed by atoms with Crippen molar-refractivity contribution in [3.05, 3.63) is 70.8 Å². The van der Waals surface area contributed by atoms with Crippen LogP contribution in [0.3, 0.4) is 0 Å². The third kappa shape index (κ3) is 5.91. The molecule has 0 radical (unpaired) electrons. The Labute approximate surface area is 173 Å². The van der Waals surface area contributed by atoms with Crippen LogP contribution in [0.1, 0.15) is 52.9 Å². The zero-order valence-electron chi connectivity index (χ0n) is 17.6. The normalized spacial score (nSPS) is 16.2. The molecule has 1 fully saturated rings. The van der Waals surface area contributed by atoms with Crippen molar-refractivity contribution in [1.29, 1.82) is 0 Å². The molecule has 2 aromatic rings. The van der Waals surface area contributed by atoms with E-state index >= 15 is 0 Å². The highest BCUT2D eigenvalue weighted by molar-refractivity contribution is 5.94. The molecular weight excluding hydrogens is 362 g/mol. The molecule has 0 spiro atoms. The summed E-state index contributed by atoms with van der Waals surface area (Å²) in [6, 6.07) is 15.8. The third-order valence-corrected chi connectivity index (χ3v) is 5.73. The van der Waals surface area contributed by atoms with Crippen LogP contribution >= 0.6 is 0 Å². The van der Waals surface area contributed by atoms with Gasteiger partial charge in [-0.05, 0) is 62.4 Å². The van der Waals surface area contributed by atoms with Crippen LogP contribution in [0.15, 0.2) is 48.5 Å². The first-order valence-electron chi connectivity index (χ1n) is 10.4. The summed E-state index contributed by atoms with van der Waals surface area (Å²) < 4.78 is 0. The second-order valence-electron chi connectivity index (χ2n) is 8.02. The number of hydrogen-bond donors (Lipinski definition) is 2. The van der Waals surface area contributed by atoms with Crippen molar-refractivity contribution in [3.63, 3.8) is 0 Å². The second-order valence-corrected chi connectivity index (χ2v) is 8.02. The fourth-order valence-electron chi connectivity index (χ4n) is 3.70. The first kappa shape index (κ1) is 21.1. The number of carbonyl (C=O) groups excluding carboxylic acids is 2. The van der Waals surface area contributed by atoms with Gasteiger partial charge in [-0.1, -0.05) is 36.4 Å². The average Bonchev–Trinajstić information content (AvgIpc) is 2.72. The van der Waals surface area contributed by atoms with Gasteiger partial charge in [0, 0.05) is 24.7 Å². The van der Waals surface area contributed by atoms with Crippen LogP contribution in [0.4, 0.5) is 0 Å². The molecule has 0 unspecified atom stereocenters. The number of nitrogens with one attached hydrogen (secondary N) is 2. The maximum absolute atomic E-state index is 12.5. The van der Waals surface area contributed by atoms with Crippen molar-refractivity contribution < 1.29 is 9.59 Å². The molecule has 3 rings (SSSR count). The molecule has 2 N–H and O–H groups in total. The molecule has 0 aromatic heterocycles. The molecule has 0 aliphatic carbocycles. The van der Waals surface area contributed by atoms with E-state index in [2.05, 4.69) is 47.6 Å². The summed E-state index contributed by atoms with van der Waals surface area (Å²) in [6.45, 7) is 8.22. The Balaban J connectivity index is 1.42. The number of hydrogen-bond acceptors (Lipinski definition) is 3. The maximum Gasteiger partial charge on any atom is 0.251 e. The van der Waals surface area contributed by atoms with Gasteiger partial charge in [0.1, 0.15) is 0 Å². The SMILES string of the molecule is Cc1ccc([C@H](C)NC(=O)CN2CCC(NC(=O)c3ccccc3)CC2)cc1C. The minimum atomic E-state index is -0.0241. The lowest BCUT2D eigenvalue weighted by Gasteiger charge is -2.32. The Morgan fingerprint density at radius 2 is 1.72 bits per heavy atom. The Morgan fingerprint density at radius 3 is 2.38 bits per heavy atom. The Hall–Kier alpha value is -2.66. The lowest BCUT2D eigenvalue weighted by Crippen LogP contribution is -2.47. The van der Waals surface area contributed by atoms with Crippen LogP contribution in [0.5, 0.6) is 0 Å². The summed E-state index contributed by atoms with van der Waals surface area (Å²) in [5.74, 6) is 0.0199. The summed E-state index contributed by atoms with van der Waals surface area (Å²) in [4.78, 5) is 26.9. The molecule has 1 heterocycles. The van der Waals surface area contributed by atoms with Crippen molar-refractivity contribution in [3.8, 4) is 0 Å². The first-order valence-corrected chi connectivity index (χ1v) is 10.4. The lowest BCUT2D eigenvalue weighted by atomic mass is 10.0. The topological polar surface area (TPSA) is 61.4 Å². The third-order valence-electron chi connectivity index (χ3n) is 5.73. The molecule has 2 amide bonds. The van der Waals surface area contributed by atoms with Crippen molar-refractivity contribution in [2.24, 2.45) is 0 Å². The van der Waals surface area contributed by atoms with Gasteiger partial charge in [0.05, 0.1) is 12.6 Å². The molecule has 1 atom stereocenters. The monoisotopic (exact) mass is 393 g/mol. The minimum Gasteiger partial charge on any atom is -0.349 e. The number of piperidine rings is 1. The van der Waals surface area contributed by atoms with Gasteiger partial charge in [-0.3, -0.25) is 14.5 Å². The average molecular weight is 394 g/mol. The van der Waals surface area contributed by atoms with E-state index < -0.39 is 0 Å². The van der Waals surface area contributed by atoms with E-state index in [1.165, 1.54) is 11.1 Å². The van der Waals surface area contributed by atoms with Crippen molar-refractivity contribution in [2.75, 3.05) is 19.6 Å². The minimum absolute atomic E-state index is 0.00972. The van der Waals surface area contributed by atoms with Crippen LogP contribution in [-0.2, 0) is 4.79 Å². The van der Waals surface area contributed by atoms with Gasteiger partial charge in [0.25, 0.3) is 5.91 Å². The van der Waals surface area contributed by atoms with Gasteiger partial charge in [0.15, 0.2) is 0 Å². The Morgan fingerprint density at radius 1 is 1.03 bits per heavy atom. The van der Waals surface area contributed by atoms with E-state index in [-0.39, 0.29) is 23.9 Å². The molecule has 0 bridgehead atoms. The van der Waals surface area contributed by atoms with Gasteiger partial charge < -0.3 is 10.6 Å². The zero-order chi connectivity index (χ0) is 20.8. The van der Waals surface area contributed by atoms with Crippen LogP contribution in [0.25, 0.3) is 0 Å². The van der Waals surface area contributed by atoms with E-state index in [0.29, 0.717) is 12.1 Å². The van der Waals surface area contributed by atoms with Crippen LogP contribution in [0.2, 0.25) is 0 Å². The summed E-state index contributed by atoms with van der Waals surface area (Å²) in [5.41, 5.74) is 4.32. The van der Waals surface area contributed by atoms with E-state index in [1.807, 2.05) is 37.3 Å². The van der Waals surface area contributed by atoms with Gasteiger partial charge in [-0.25, -0.2) is 0 Å². The largest absolute Gasteiger partial charge is 0.349 e. The summed E-state index contributed by atoms with van der Waals surface area (Å²) in [7, 11) is 0. The molecule has 5 nitrogen and oxygen atoms in total. The summed E-state index contributed by atoms with van der Waals surface area (Å²) in [5, 5.41) is 6.21. The van der Waals surface area contributed by atoms with Crippen LogP contribution in [-0.4, -0.2) is 42.4 Å². The molecule has 5 heteroatoms. The highest BCUT2D eigenvalue weighted by atomic mass is 16.2. The van der Waals surface area contributed by atoms with E-state index in [1.54, 1.807) is 0 Å². The number of aryl methyl sites for hydroxylation is 2. The maximum atomic E-state index is 12.5. The van der Waals surface area contributed by atoms with Gasteiger partial charge in [0.2, 0.25) is 5.91 Å². The molecule has 2 aromatic carbocycles. The van der Waals surface area contributed by atoms with Crippen molar-refractivity contribution in [2.45, 2.75) is 45.7 Å². The van der Waals surface area contributed by atoms with E-state index in [9.17, 15) is 9.59 Å². The highest BCUT2D eigenvalue weighted by Crippen LogP contribution is 2.17. The Bertz CT molecular complexity index is 842. The summed E-state index contributed by atoms with van der Waals surface area (Å²) in [6.07, 6.45) is 1.72. The zero-order valence-corrected chi connectivity index (χ0v) is 17.6. The molecule has 0 saturated carbocycles. The van der Waals surface area contributed by atoms with Gasteiger partial charge in [-0.2, -0.15) is 0 Å². The Kier molecular flexibility index (Phi) is 7.04. The number of rotatable bonds is 6. The molecular formula is C24H31N3O2.